The van der Waals surface area contributed by atoms with E-state index in [1.165, 1.54) is 0 Å². The Morgan fingerprint density at radius 1 is 1.31 bits per heavy atom. The molecule has 2 heterocycles. The van der Waals surface area contributed by atoms with E-state index in [1.54, 1.807) is 29.3 Å². The number of aromatic nitrogens is 2. The minimum atomic E-state index is -0.130. The second-order valence-corrected chi connectivity index (χ2v) is 7.81. The van der Waals surface area contributed by atoms with Crippen molar-refractivity contribution < 1.29 is 13.9 Å². The van der Waals surface area contributed by atoms with Crippen molar-refractivity contribution in [1.29, 1.82) is 0 Å². The van der Waals surface area contributed by atoms with Gasteiger partial charge < -0.3 is 14.5 Å². The molecule has 1 aromatic carbocycles. The number of hydrogen-bond acceptors (Lipinski definition) is 4. The molecule has 8 heteroatoms. The molecule has 0 bridgehead atoms. The molecule has 4 rings (SSSR count). The zero-order valence-corrected chi connectivity index (χ0v) is 17.2. The lowest BCUT2D eigenvalue weighted by Crippen LogP contribution is -2.26. The van der Waals surface area contributed by atoms with Crippen LogP contribution in [0.25, 0.3) is 5.69 Å². The van der Waals surface area contributed by atoms with Crippen LogP contribution in [0, 0.1) is 0 Å². The van der Waals surface area contributed by atoms with Crippen LogP contribution in [0.5, 0.6) is 0 Å². The summed E-state index contributed by atoms with van der Waals surface area (Å²) >= 11 is 12.4. The first-order valence-corrected chi connectivity index (χ1v) is 10.3. The van der Waals surface area contributed by atoms with Gasteiger partial charge in [0.15, 0.2) is 0 Å². The van der Waals surface area contributed by atoms with Crippen LogP contribution in [0.4, 0.5) is 0 Å². The fourth-order valence-corrected chi connectivity index (χ4v) is 3.65. The predicted molar refractivity (Wildman–Crippen MR) is 111 cm³/mol. The third kappa shape index (κ3) is 4.83. The van der Waals surface area contributed by atoms with Gasteiger partial charge in [0, 0.05) is 24.1 Å². The summed E-state index contributed by atoms with van der Waals surface area (Å²) in [5.41, 5.74) is 2.22. The standard InChI is InChI=1S/C21H21Cl2N3O3/c22-15-6-7-19(18(23)11-15)26-20(14-4-5-14)17(12-25-26)21(27)24-8-2-9-28-13-16-3-1-10-29-16/h1,3,6-7,10-12,14H,2,4-5,8-9,13H2,(H,24,27). The maximum atomic E-state index is 12.7. The van der Waals surface area contributed by atoms with E-state index in [0.29, 0.717) is 47.7 Å². The van der Waals surface area contributed by atoms with Gasteiger partial charge in [0.25, 0.3) is 5.91 Å². The number of furan rings is 1. The number of carbonyl (C=O) groups excluding carboxylic acids is 1. The molecule has 6 nitrogen and oxygen atoms in total. The summed E-state index contributed by atoms with van der Waals surface area (Å²) in [5.74, 6) is 0.979. The summed E-state index contributed by atoms with van der Waals surface area (Å²) in [6.07, 6.45) is 6.02. The third-order valence-corrected chi connectivity index (χ3v) is 5.27. The van der Waals surface area contributed by atoms with Crippen LogP contribution in [0.2, 0.25) is 10.0 Å². The summed E-state index contributed by atoms with van der Waals surface area (Å²) in [7, 11) is 0. The summed E-state index contributed by atoms with van der Waals surface area (Å²) in [6.45, 7) is 1.49. The molecule has 1 N–H and O–H groups in total. The first-order chi connectivity index (χ1) is 14.1. The third-order valence-electron chi connectivity index (χ3n) is 4.73. The molecule has 1 saturated carbocycles. The maximum Gasteiger partial charge on any atom is 0.254 e. The minimum Gasteiger partial charge on any atom is -0.467 e. The molecule has 0 unspecified atom stereocenters. The van der Waals surface area contributed by atoms with Crippen molar-refractivity contribution in [2.45, 2.75) is 31.8 Å². The summed E-state index contributed by atoms with van der Waals surface area (Å²) in [4.78, 5) is 12.7. The van der Waals surface area contributed by atoms with Gasteiger partial charge >= 0.3 is 0 Å². The van der Waals surface area contributed by atoms with Gasteiger partial charge in [-0.3, -0.25) is 4.79 Å². The normalized spacial score (nSPS) is 13.6. The molecular formula is C21H21Cl2N3O3. The zero-order chi connectivity index (χ0) is 20.2. The second kappa shape index (κ2) is 9.03. The molecule has 3 aromatic rings. The lowest BCUT2D eigenvalue weighted by molar-refractivity contribution is 0.0916. The first-order valence-electron chi connectivity index (χ1n) is 9.55. The van der Waals surface area contributed by atoms with E-state index in [4.69, 9.17) is 32.4 Å². The van der Waals surface area contributed by atoms with Gasteiger partial charge in [0.05, 0.1) is 34.4 Å². The van der Waals surface area contributed by atoms with E-state index >= 15 is 0 Å². The summed E-state index contributed by atoms with van der Waals surface area (Å²) in [5, 5.41) is 8.46. The molecule has 1 fully saturated rings. The van der Waals surface area contributed by atoms with Crippen molar-refractivity contribution in [1.82, 2.24) is 15.1 Å². The average molecular weight is 434 g/mol. The van der Waals surface area contributed by atoms with E-state index in [1.807, 2.05) is 18.2 Å². The van der Waals surface area contributed by atoms with Gasteiger partial charge in [-0.2, -0.15) is 5.10 Å². The largest absolute Gasteiger partial charge is 0.467 e. The van der Waals surface area contributed by atoms with E-state index < -0.39 is 0 Å². The Labute approximate surface area is 178 Å². The van der Waals surface area contributed by atoms with Gasteiger partial charge in [-0.25, -0.2) is 4.68 Å². The Morgan fingerprint density at radius 3 is 2.90 bits per heavy atom. The van der Waals surface area contributed by atoms with Crippen LogP contribution in [0.1, 0.15) is 47.0 Å². The maximum absolute atomic E-state index is 12.7. The fourth-order valence-electron chi connectivity index (χ4n) is 3.17. The Hall–Kier alpha value is -2.28. The van der Waals surface area contributed by atoms with Crippen molar-refractivity contribution >= 4 is 29.1 Å². The van der Waals surface area contributed by atoms with Gasteiger partial charge in [-0.05, 0) is 49.6 Å². The topological polar surface area (TPSA) is 69.3 Å². The molecule has 0 saturated heterocycles. The van der Waals surface area contributed by atoms with E-state index in [9.17, 15) is 4.79 Å². The van der Waals surface area contributed by atoms with Crippen molar-refractivity contribution in [2.24, 2.45) is 0 Å². The van der Waals surface area contributed by atoms with Crippen LogP contribution in [0.3, 0.4) is 0 Å². The SMILES string of the molecule is O=C(NCCCOCc1ccco1)c1cnn(-c2ccc(Cl)cc2Cl)c1C1CC1. The highest BCUT2D eigenvalue weighted by Gasteiger charge is 2.33. The van der Waals surface area contributed by atoms with Crippen LogP contribution in [-0.2, 0) is 11.3 Å². The Kier molecular flexibility index (Phi) is 6.23. The molecule has 2 aromatic heterocycles. The lowest BCUT2D eigenvalue weighted by Gasteiger charge is -2.11. The van der Waals surface area contributed by atoms with Crippen LogP contribution in [-0.4, -0.2) is 28.8 Å². The smallest absolute Gasteiger partial charge is 0.254 e. The number of hydrogen-bond donors (Lipinski definition) is 1. The number of nitrogens with one attached hydrogen (secondary N) is 1. The fraction of sp³-hybridized carbons (Fsp3) is 0.333. The van der Waals surface area contributed by atoms with Gasteiger partial charge in [-0.1, -0.05) is 23.2 Å². The molecule has 0 radical (unpaired) electrons. The second-order valence-electron chi connectivity index (χ2n) is 6.97. The monoisotopic (exact) mass is 433 g/mol. The Morgan fingerprint density at radius 2 is 2.17 bits per heavy atom. The Bertz CT molecular complexity index is 981. The highest BCUT2D eigenvalue weighted by Crippen LogP contribution is 2.43. The van der Waals surface area contributed by atoms with Crippen LogP contribution >= 0.6 is 23.2 Å². The lowest BCUT2D eigenvalue weighted by atomic mass is 10.1. The molecule has 0 spiro atoms. The van der Waals surface area contributed by atoms with Gasteiger partial charge in [0.1, 0.15) is 12.4 Å². The molecule has 1 aliphatic rings. The number of nitrogens with zero attached hydrogens (tertiary/aromatic N) is 2. The van der Waals surface area contributed by atoms with Crippen LogP contribution < -0.4 is 5.32 Å². The molecular weight excluding hydrogens is 413 g/mol. The molecule has 0 atom stereocenters. The zero-order valence-electron chi connectivity index (χ0n) is 15.7. The number of rotatable bonds is 9. The molecule has 152 valence electrons. The van der Waals surface area contributed by atoms with E-state index in [2.05, 4.69) is 10.4 Å². The van der Waals surface area contributed by atoms with Crippen molar-refractivity contribution in [2.75, 3.05) is 13.2 Å². The first kappa shape index (κ1) is 20.0. The number of amides is 1. The molecule has 1 amide bonds. The minimum absolute atomic E-state index is 0.130. The highest BCUT2D eigenvalue weighted by atomic mass is 35.5. The summed E-state index contributed by atoms with van der Waals surface area (Å²) in [6, 6.07) is 8.96. The number of benzene rings is 1. The van der Waals surface area contributed by atoms with E-state index in [0.717, 1.165) is 30.0 Å². The van der Waals surface area contributed by atoms with Crippen molar-refractivity contribution in [3.63, 3.8) is 0 Å². The number of carbonyl (C=O) groups is 1. The van der Waals surface area contributed by atoms with Gasteiger partial charge in [0.2, 0.25) is 0 Å². The number of ether oxygens (including phenoxy) is 1. The number of halogens is 2. The van der Waals surface area contributed by atoms with Crippen molar-refractivity contribution in [3.05, 3.63) is 69.9 Å². The molecule has 29 heavy (non-hydrogen) atoms. The Balaban J connectivity index is 1.36. The van der Waals surface area contributed by atoms with Gasteiger partial charge in [-0.15, -0.1) is 0 Å². The van der Waals surface area contributed by atoms with Crippen molar-refractivity contribution in [3.8, 4) is 5.69 Å². The van der Waals surface area contributed by atoms with E-state index in [-0.39, 0.29) is 5.91 Å². The summed E-state index contributed by atoms with van der Waals surface area (Å²) < 4.78 is 12.5. The predicted octanol–water partition coefficient (Wildman–Crippen LogP) is 4.99. The quantitative estimate of drug-likeness (QED) is 0.482. The molecule has 0 aliphatic heterocycles. The average Bonchev–Trinajstić information content (AvgIpc) is 3.23. The van der Waals surface area contributed by atoms with Crippen LogP contribution in [0.15, 0.2) is 47.2 Å². The highest BCUT2D eigenvalue weighted by molar-refractivity contribution is 6.35. The molecule has 1 aliphatic carbocycles.